The lowest BCUT2D eigenvalue weighted by Gasteiger charge is -2.16. The topological polar surface area (TPSA) is 79.8 Å². The van der Waals surface area contributed by atoms with Crippen LogP contribution in [0.25, 0.3) is 10.8 Å². The summed E-state index contributed by atoms with van der Waals surface area (Å²) in [6.07, 6.45) is 2.18. The van der Waals surface area contributed by atoms with Crippen molar-refractivity contribution in [1.82, 2.24) is 20.1 Å². The highest BCUT2D eigenvalue weighted by Gasteiger charge is 2.21. The Labute approximate surface area is 138 Å². The SMILES string of the molecule is O=C(NC1CCc2n[nH]c(=O)n2CC1)c1cccc2ccccc12. The Balaban J connectivity index is 1.53. The van der Waals surface area contributed by atoms with Crippen LogP contribution >= 0.6 is 0 Å². The lowest BCUT2D eigenvalue weighted by Crippen LogP contribution is -2.35. The zero-order valence-corrected chi connectivity index (χ0v) is 13.2. The van der Waals surface area contributed by atoms with Crippen LogP contribution in [0.2, 0.25) is 0 Å². The molecule has 122 valence electrons. The van der Waals surface area contributed by atoms with Crippen LogP contribution in [0, 0.1) is 0 Å². The van der Waals surface area contributed by atoms with Gasteiger partial charge in [0.1, 0.15) is 5.82 Å². The van der Waals surface area contributed by atoms with E-state index in [9.17, 15) is 9.59 Å². The van der Waals surface area contributed by atoms with Crippen molar-refractivity contribution in [2.45, 2.75) is 31.8 Å². The molecule has 6 heteroatoms. The Morgan fingerprint density at radius 1 is 1.17 bits per heavy atom. The third kappa shape index (κ3) is 2.60. The number of benzene rings is 2. The maximum atomic E-state index is 12.7. The van der Waals surface area contributed by atoms with Crippen LogP contribution in [0.5, 0.6) is 0 Å². The molecule has 2 heterocycles. The second-order valence-electron chi connectivity index (χ2n) is 6.12. The molecule has 2 N–H and O–H groups in total. The van der Waals surface area contributed by atoms with Crippen molar-refractivity contribution in [1.29, 1.82) is 0 Å². The summed E-state index contributed by atoms with van der Waals surface area (Å²) >= 11 is 0. The molecule has 1 unspecified atom stereocenters. The molecule has 1 aromatic heterocycles. The van der Waals surface area contributed by atoms with Gasteiger partial charge in [-0.15, -0.1) is 0 Å². The van der Waals surface area contributed by atoms with Crippen molar-refractivity contribution in [2.75, 3.05) is 0 Å². The van der Waals surface area contributed by atoms with Gasteiger partial charge in [-0.05, 0) is 29.7 Å². The fourth-order valence-electron chi connectivity index (χ4n) is 3.34. The van der Waals surface area contributed by atoms with Gasteiger partial charge in [0.2, 0.25) is 0 Å². The van der Waals surface area contributed by atoms with Crippen molar-refractivity contribution in [3.8, 4) is 0 Å². The number of nitrogens with one attached hydrogen (secondary N) is 2. The standard InChI is InChI=1S/C18H18N4O2/c23-17(15-7-3-5-12-4-1-2-6-14(12)15)19-13-8-9-16-20-21-18(24)22(16)11-10-13/h1-7,13H,8-11H2,(H,19,23)(H,21,24). The molecule has 2 aromatic carbocycles. The van der Waals surface area contributed by atoms with Gasteiger partial charge in [-0.25, -0.2) is 9.89 Å². The number of carbonyl (C=O) groups is 1. The predicted molar refractivity (Wildman–Crippen MR) is 91.0 cm³/mol. The van der Waals surface area contributed by atoms with Gasteiger partial charge < -0.3 is 5.32 Å². The van der Waals surface area contributed by atoms with Gasteiger partial charge in [0, 0.05) is 24.6 Å². The molecule has 1 amide bonds. The molecule has 0 aliphatic carbocycles. The third-order valence-corrected chi connectivity index (χ3v) is 4.62. The average molecular weight is 322 g/mol. The summed E-state index contributed by atoms with van der Waals surface area (Å²) in [5, 5.41) is 11.6. The summed E-state index contributed by atoms with van der Waals surface area (Å²) in [5.74, 6) is 0.701. The number of amides is 1. The molecule has 0 fully saturated rings. The number of rotatable bonds is 2. The summed E-state index contributed by atoms with van der Waals surface area (Å²) in [7, 11) is 0. The molecule has 24 heavy (non-hydrogen) atoms. The minimum Gasteiger partial charge on any atom is -0.349 e. The number of aromatic nitrogens is 3. The van der Waals surface area contributed by atoms with E-state index in [1.54, 1.807) is 4.57 Å². The molecule has 1 aliphatic rings. The molecule has 1 aliphatic heterocycles. The quantitative estimate of drug-likeness (QED) is 0.756. The maximum Gasteiger partial charge on any atom is 0.343 e. The molecule has 1 atom stereocenters. The van der Waals surface area contributed by atoms with Gasteiger partial charge in [0.15, 0.2) is 0 Å². The molecule has 3 aromatic rings. The van der Waals surface area contributed by atoms with Crippen molar-refractivity contribution in [3.63, 3.8) is 0 Å². The number of aryl methyl sites for hydroxylation is 1. The number of H-pyrrole nitrogens is 1. The monoisotopic (exact) mass is 322 g/mol. The van der Waals surface area contributed by atoms with Crippen molar-refractivity contribution in [3.05, 3.63) is 64.3 Å². The molecular weight excluding hydrogens is 304 g/mol. The minimum absolute atomic E-state index is 0.0394. The van der Waals surface area contributed by atoms with E-state index in [0.717, 1.165) is 29.4 Å². The van der Waals surface area contributed by atoms with Gasteiger partial charge >= 0.3 is 5.69 Å². The number of hydrogen-bond acceptors (Lipinski definition) is 3. The molecule has 6 nitrogen and oxygen atoms in total. The Hall–Kier alpha value is -2.89. The van der Waals surface area contributed by atoms with Gasteiger partial charge in [-0.3, -0.25) is 9.36 Å². The molecule has 0 saturated carbocycles. The number of hydrogen-bond donors (Lipinski definition) is 2. The van der Waals surface area contributed by atoms with Crippen LogP contribution in [0.15, 0.2) is 47.3 Å². The van der Waals surface area contributed by atoms with Gasteiger partial charge in [-0.2, -0.15) is 5.10 Å². The molecular formula is C18H18N4O2. The van der Waals surface area contributed by atoms with Crippen LogP contribution < -0.4 is 11.0 Å². The summed E-state index contributed by atoms with van der Waals surface area (Å²) < 4.78 is 1.66. The lowest BCUT2D eigenvalue weighted by molar-refractivity contribution is 0.0934. The number of fused-ring (bicyclic) bond motifs is 2. The van der Waals surface area contributed by atoms with Crippen LogP contribution in [0.1, 0.15) is 29.0 Å². The number of nitrogens with zero attached hydrogens (tertiary/aromatic N) is 2. The smallest absolute Gasteiger partial charge is 0.343 e. The zero-order valence-electron chi connectivity index (χ0n) is 13.2. The van der Waals surface area contributed by atoms with E-state index < -0.39 is 0 Å². The van der Waals surface area contributed by atoms with E-state index in [2.05, 4.69) is 15.5 Å². The molecule has 4 rings (SSSR count). The number of carbonyl (C=O) groups excluding carboxylic acids is 1. The van der Waals surface area contributed by atoms with Crippen LogP contribution in [-0.4, -0.2) is 26.7 Å². The predicted octanol–water partition coefficient (Wildman–Crippen LogP) is 1.86. The van der Waals surface area contributed by atoms with Gasteiger partial charge in [-0.1, -0.05) is 36.4 Å². The summed E-state index contributed by atoms with van der Waals surface area (Å²) in [4.78, 5) is 24.4. The first-order valence-corrected chi connectivity index (χ1v) is 8.15. The fraction of sp³-hybridized carbons (Fsp3) is 0.278. The van der Waals surface area contributed by atoms with Crippen LogP contribution in [0.3, 0.4) is 0 Å². The van der Waals surface area contributed by atoms with Crippen LogP contribution in [-0.2, 0) is 13.0 Å². The van der Waals surface area contributed by atoms with E-state index in [1.165, 1.54) is 0 Å². The first-order valence-electron chi connectivity index (χ1n) is 8.15. The van der Waals surface area contributed by atoms with E-state index >= 15 is 0 Å². The summed E-state index contributed by atoms with van der Waals surface area (Å²) in [6, 6.07) is 13.7. The highest BCUT2D eigenvalue weighted by molar-refractivity contribution is 6.07. The van der Waals surface area contributed by atoms with E-state index in [1.807, 2.05) is 42.5 Å². The number of aromatic amines is 1. The van der Waals surface area contributed by atoms with E-state index in [0.29, 0.717) is 18.5 Å². The van der Waals surface area contributed by atoms with Crippen molar-refractivity contribution >= 4 is 16.7 Å². The highest BCUT2D eigenvalue weighted by Crippen LogP contribution is 2.19. The Morgan fingerprint density at radius 2 is 2.00 bits per heavy atom. The first kappa shape index (κ1) is 14.7. The average Bonchev–Trinajstić information content (AvgIpc) is 2.84. The second-order valence-corrected chi connectivity index (χ2v) is 6.12. The maximum absolute atomic E-state index is 12.7. The second kappa shape index (κ2) is 5.96. The molecule has 0 spiro atoms. The minimum atomic E-state index is -0.175. The normalized spacial score (nSPS) is 17.2. The molecule has 0 saturated heterocycles. The largest absolute Gasteiger partial charge is 0.349 e. The Bertz CT molecular complexity index is 952. The van der Waals surface area contributed by atoms with E-state index in [-0.39, 0.29) is 17.6 Å². The van der Waals surface area contributed by atoms with E-state index in [4.69, 9.17) is 0 Å². The lowest BCUT2D eigenvalue weighted by atomic mass is 10.0. The van der Waals surface area contributed by atoms with Gasteiger partial charge in [0.25, 0.3) is 5.91 Å². The first-order chi connectivity index (χ1) is 11.7. The zero-order chi connectivity index (χ0) is 16.5. The Kier molecular flexibility index (Phi) is 3.65. The van der Waals surface area contributed by atoms with Crippen molar-refractivity contribution < 1.29 is 4.79 Å². The molecule has 0 radical (unpaired) electrons. The van der Waals surface area contributed by atoms with Gasteiger partial charge in [0.05, 0.1) is 0 Å². The molecule has 0 bridgehead atoms. The van der Waals surface area contributed by atoms with Crippen molar-refractivity contribution in [2.24, 2.45) is 0 Å². The summed E-state index contributed by atoms with van der Waals surface area (Å²) in [6.45, 7) is 0.575. The highest BCUT2D eigenvalue weighted by atomic mass is 16.2. The van der Waals surface area contributed by atoms with Crippen LogP contribution in [0.4, 0.5) is 0 Å². The third-order valence-electron chi connectivity index (χ3n) is 4.62. The Morgan fingerprint density at radius 3 is 2.92 bits per heavy atom. The summed E-state index contributed by atoms with van der Waals surface area (Å²) in [5.41, 5.74) is 0.513. The fourth-order valence-corrected chi connectivity index (χ4v) is 3.34.